The van der Waals surface area contributed by atoms with Gasteiger partial charge in [-0.05, 0) is 95.7 Å². The van der Waals surface area contributed by atoms with Crippen molar-refractivity contribution in [2.24, 2.45) is 0 Å². The highest BCUT2D eigenvalue weighted by Crippen LogP contribution is 2.37. The van der Waals surface area contributed by atoms with Crippen molar-refractivity contribution in [2.45, 2.75) is 20.3 Å². The molecule has 0 bridgehead atoms. The molecule has 34 heavy (non-hydrogen) atoms. The van der Waals surface area contributed by atoms with Crippen LogP contribution in [0.4, 0.5) is 10.5 Å². The third-order valence-corrected chi connectivity index (χ3v) is 6.34. The van der Waals surface area contributed by atoms with E-state index in [1.54, 1.807) is 43.5 Å². The van der Waals surface area contributed by atoms with Crippen molar-refractivity contribution in [2.75, 3.05) is 32.2 Å². The molecule has 3 rings (SSSR count). The Morgan fingerprint density at radius 1 is 1.15 bits per heavy atom. The van der Waals surface area contributed by atoms with Gasteiger partial charge in [0.2, 0.25) is 5.91 Å². The molecule has 0 saturated carbocycles. The van der Waals surface area contributed by atoms with E-state index < -0.39 is 17.1 Å². The lowest BCUT2D eigenvalue weighted by Crippen LogP contribution is -2.36. The van der Waals surface area contributed by atoms with Gasteiger partial charge >= 0.3 is 0 Å². The number of imide groups is 1. The molecule has 0 aliphatic carbocycles. The number of ether oxygens (including phenoxy) is 3. The van der Waals surface area contributed by atoms with E-state index in [1.165, 1.54) is 0 Å². The van der Waals surface area contributed by atoms with Gasteiger partial charge in [-0.25, -0.2) is 0 Å². The number of nitrogens with one attached hydrogen (secondary N) is 1. The first-order valence-corrected chi connectivity index (χ1v) is 12.5. The zero-order valence-electron chi connectivity index (χ0n) is 19.1. The van der Waals surface area contributed by atoms with Gasteiger partial charge in [0, 0.05) is 5.69 Å². The van der Waals surface area contributed by atoms with Gasteiger partial charge in [0.1, 0.15) is 12.3 Å². The fraction of sp³-hybridized carbons (Fsp3) is 0.292. The second-order valence-corrected chi connectivity index (χ2v) is 9.31. The number of hydrogen-bond donors (Lipinski definition) is 1. The van der Waals surface area contributed by atoms with E-state index in [0.29, 0.717) is 41.7 Å². The zero-order valence-corrected chi connectivity index (χ0v) is 22.0. The number of nitrogens with zero attached hydrogens (tertiary/aromatic N) is 1. The monoisotopic (exact) mass is 596 g/mol. The first kappa shape index (κ1) is 25.9. The highest BCUT2D eigenvalue weighted by molar-refractivity contribution is 14.1. The summed E-state index contributed by atoms with van der Waals surface area (Å²) in [6.45, 7) is 4.55. The maximum absolute atomic E-state index is 12.9. The molecule has 0 spiro atoms. The van der Waals surface area contributed by atoms with E-state index in [4.69, 9.17) is 14.2 Å². The number of rotatable bonds is 10. The van der Waals surface area contributed by atoms with Crippen molar-refractivity contribution in [3.05, 3.63) is 50.4 Å². The Kier molecular flexibility index (Phi) is 9.22. The molecule has 1 aliphatic rings. The summed E-state index contributed by atoms with van der Waals surface area (Å²) >= 11 is 2.96. The molecule has 0 atom stereocenters. The Balaban J connectivity index is 1.74. The Morgan fingerprint density at radius 3 is 2.53 bits per heavy atom. The quantitative estimate of drug-likeness (QED) is 0.299. The molecule has 2 aromatic rings. The Morgan fingerprint density at radius 2 is 1.88 bits per heavy atom. The smallest absolute Gasteiger partial charge is 0.294 e. The summed E-state index contributed by atoms with van der Waals surface area (Å²) in [5.41, 5.74) is 1.24. The maximum Gasteiger partial charge on any atom is 0.294 e. The maximum atomic E-state index is 12.9. The van der Waals surface area contributed by atoms with Gasteiger partial charge in [-0.1, -0.05) is 6.92 Å². The summed E-state index contributed by atoms with van der Waals surface area (Å²) in [4.78, 5) is 38.9. The summed E-state index contributed by atoms with van der Waals surface area (Å²) in [5, 5.41) is 2.18. The second-order valence-electron chi connectivity index (χ2n) is 7.16. The minimum atomic E-state index is -0.515. The van der Waals surface area contributed by atoms with Crippen LogP contribution >= 0.6 is 34.4 Å². The number of carbonyl (C=O) groups is 3. The number of benzene rings is 2. The van der Waals surface area contributed by atoms with Crippen molar-refractivity contribution in [3.63, 3.8) is 0 Å². The molecule has 0 unspecified atom stereocenters. The van der Waals surface area contributed by atoms with E-state index in [1.807, 2.05) is 19.9 Å². The number of thioether (sulfide) groups is 1. The lowest BCUT2D eigenvalue weighted by atomic mass is 10.2. The van der Waals surface area contributed by atoms with Crippen molar-refractivity contribution < 1.29 is 28.6 Å². The van der Waals surface area contributed by atoms with Crippen molar-refractivity contribution in [3.8, 4) is 17.2 Å². The van der Waals surface area contributed by atoms with Gasteiger partial charge in [0.25, 0.3) is 11.1 Å². The highest BCUT2D eigenvalue weighted by atomic mass is 127. The molecule has 1 fully saturated rings. The number of methoxy groups -OCH3 is 1. The van der Waals surface area contributed by atoms with Crippen LogP contribution in [0.1, 0.15) is 25.8 Å². The van der Waals surface area contributed by atoms with Crippen LogP contribution in [0.25, 0.3) is 6.08 Å². The standard InChI is InChI=1S/C24H25IN2O6S/c1-4-10-33-22-18(25)11-15(12-19(22)32-5-2)13-20-23(29)27(24(30)34-20)14-21(28)26-16-6-8-17(31-3)9-7-16/h6-9,11-13H,4-5,10,14H2,1-3H3,(H,26,28)/b20-13-. The van der Waals surface area contributed by atoms with Crippen molar-refractivity contribution in [1.29, 1.82) is 0 Å². The SMILES string of the molecule is CCCOc1c(I)cc(/C=C2\SC(=O)N(CC(=O)Nc3ccc(OC)cc3)C2=O)cc1OCC. The summed E-state index contributed by atoms with van der Waals surface area (Å²) in [5.74, 6) is 0.900. The average Bonchev–Trinajstić information content (AvgIpc) is 3.06. The van der Waals surface area contributed by atoms with Crippen LogP contribution in [-0.2, 0) is 9.59 Å². The minimum absolute atomic E-state index is 0.239. The fourth-order valence-corrected chi connectivity index (χ4v) is 4.70. The molecule has 180 valence electrons. The molecule has 0 aromatic heterocycles. The molecule has 1 saturated heterocycles. The second kappa shape index (κ2) is 12.1. The lowest BCUT2D eigenvalue weighted by molar-refractivity contribution is -0.127. The highest BCUT2D eigenvalue weighted by Gasteiger charge is 2.36. The van der Waals surface area contributed by atoms with E-state index >= 15 is 0 Å². The summed E-state index contributed by atoms with van der Waals surface area (Å²) in [6, 6.07) is 10.4. The van der Waals surface area contributed by atoms with E-state index in [9.17, 15) is 14.4 Å². The van der Waals surface area contributed by atoms with Crippen LogP contribution in [-0.4, -0.2) is 48.8 Å². The van der Waals surface area contributed by atoms with Crippen molar-refractivity contribution in [1.82, 2.24) is 4.90 Å². The Bertz CT molecular complexity index is 1100. The van der Waals surface area contributed by atoms with E-state index in [2.05, 4.69) is 27.9 Å². The van der Waals surface area contributed by atoms with Crippen LogP contribution < -0.4 is 19.5 Å². The lowest BCUT2D eigenvalue weighted by Gasteiger charge is -2.14. The fourth-order valence-electron chi connectivity index (χ4n) is 3.08. The average molecular weight is 596 g/mol. The molecule has 10 heteroatoms. The van der Waals surface area contributed by atoms with Crippen LogP contribution in [0.3, 0.4) is 0 Å². The molecular formula is C24H25IN2O6S. The largest absolute Gasteiger partial charge is 0.497 e. The van der Waals surface area contributed by atoms with Gasteiger partial charge in [-0.3, -0.25) is 19.3 Å². The molecule has 1 N–H and O–H groups in total. The first-order valence-electron chi connectivity index (χ1n) is 10.6. The zero-order chi connectivity index (χ0) is 24.7. The van der Waals surface area contributed by atoms with Gasteiger partial charge in [0.05, 0.1) is 28.8 Å². The van der Waals surface area contributed by atoms with Crippen molar-refractivity contribution >= 4 is 63.2 Å². The number of amides is 3. The third kappa shape index (κ3) is 6.44. The van der Waals surface area contributed by atoms with Gasteiger partial charge in [-0.2, -0.15) is 0 Å². The number of hydrogen-bond acceptors (Lipinski definition) is 7. The first-order chi connectivity index (χ1) is 16.4. The molecule has 1 aliphatic heterocycles. The van der Waals surface area contributed by atoms with Gasteiger partial charge in [0.15, 0.2) is 11.5 Å². The molecule has 8 nitrogen and oxygen atoms in total. The topological polar surface area (TPSA) is 94.2 Å². The van der Waals surface area contributed by atoms with Crippen LogP contribution in [0.2, 0.25) is 0 Å². The molecular weight excluding hydrogens is 571 g/mol. The number of anilines is 1. The van der Waals surface area contributed by atoms with Crippen LogP contribution in [0.15, 0.2) is 41.3 Å². The molecule has 3 amide bonds. The third-order valence-electron chi connectivity index (χ3n) is 4.63. The van der Waals surface area contributed by atoms with E-state index in [-0.39, 0.29) is 11.4 Å². The molecule has 1 heterocycles. The summed E-state index contributed by atoms with van der Waals surface area (Å²) in [7, 11) is 1.55. The predicted molar refractivity (Wildman–Crippen MR) is 140 cm³/mol. The van der Waals surface area contributed by atoms with E-state index in [0.717, 1.165) is 26.7 Å². The van der Waals surface area contributed by atoms with Crippen LogP contribution in [0.5, 0.6) is 17.2 Å². The van der Waals surface area contributed by atoms with Crippen LogP contribution in [0, 0.1) is 3.57 Å². The normalized spacial score (nSPS) is 14.5. The van der Waals surface area contributed by atoms with Gasteiger partial charge < -0.3 is 19.5 Å². The number of carbonyl (C=O) groups excluding carboxylic acids is 3. The summed E-state index contributed by atoms with van der Waals surface area (Å²) in [6.07, 6.45) is 2.49. The van der Waals surface area contributed by atoms with Gasteiger partial charge in [-0.15, -0.1) is 0 Å². The predicted octanol–water partition coefficient (Wildman–Crippen LogP) is 5.16. The molecule has 2 aromatic carbocycles. The minimum Gasteiger partial charge on any atom is -0.497 e. The Labute approximate surface area is 216 Å². The number of halogens is 1. The molecule has 0 radical (unpaired) electrons. The summed E-state index contributed by atoms with van der Waals surface area (Å²) < 4.78 is 17.5. The Hall–Kier alpha value is -2.73.